The Morgan fingerprint density at radius 2 is 2.12 bits per heavy atom. The minimum absolute atomic E-state index is 0.0130. The van der Waals surface area contributed by atoms with Gasteiger partial charge in [0, 0.05) is 5.54 Å². The Bertz CT molecular complexity index is 561. The smallest absolute Gasteiger partial charge is 0.335 e. The van der Waals surface area contributed by atoms with E-state index in [9.17, 15) is 13.2 Å². The van der Waals surface area contributed by atoms with Crippen molar-refractivity contribution in [3.63, 3.8) is 0 Å². The monoisotopic (exact) mass is 274 g/mol. The zero-order valence-electron chi connectivity index (χ0n) is 9.05. The molecule has 92 valence electrons. The molecule has 0 aromatic heterocycles. The summed E-state index contributed by atoms with van der Waals surface area (Å²) in [7, 11) is -3.54. The number of aromatic carboxylic acids is 1. The van der Waals surface area contributed by atoms with Crippen LogP contribution in [0.25, 0.3) is 0 Å². The van der Waals surface area contributed by atoms with E-state index in [1.165, 1.54) is 31.2 Å². The molecule has 17 heavy (non-hydrogen) atoms. The molecule has 0 aliphatic heterocycles. The van der Waals surface area contributed by atoms with E-state index in [-0.39, 0.29) is 21.8 Å². The fourth-order valence-corrected chi connectivity index (χ4v) is 3.02. The predicted octanol–water partition coefficient (Wildman–Crippen LogP) is 2.22. The van der Waals surface area contributed by atoms with Gasteiger partial charge in [0.25, 0.3) is 0 Å². The van der Waals surface area contributed by atoms with Crippen molar-refractivity contribution in [1.29, 1.82) is 0 Å². The fraction of sp³-hybridized carbons (Fsp3) is 0.182. The molecule has 0 radical (unpaired) electrons. The van der Waals surface area contributed by atoms with E-state index in [2.05, 4.69) is 0 Å². The number of hydrogen-bond donors (Lipinski definition) is 1. The van der Waals surface area contributed by atoms with E-state index in [0.717, 1.165) is 5.54 Å². The van der Waals surface area contributed by atoms with Crippen LogP contribution in [0.1, 0.15) is 15.9 Å². The van der Waals surface area contributed by atoms with Crippen LogP contribution in [0.3, 0.4) is 0 Å². The minimum atomic E-state index is -3.54. The third-order valence-electron chi connectivity index (χ3n) is 2.25. The maximum absolute atomic E-state index is 11.9. The first-order valence-electron chi connectivity index (χ1n) is 4.71. The summed E-state index contributed by atoms with van der Waals surface area (Å²) in [6.07, 6.45) is 1.30. The first kappa shape index (κ1) is 13.7. The standard InChI is InChI=1S/C11H11ClO4S/c1-8-9(11(13)14)4-2-5-10(8)17(15,16)7-3-6-12/h2-6H,7H2,1H3,(H,13,14)/b6-3+. The molecule has 0 amide bonds. The lowest BCUT2D eigenvalue weighted by Crippen LogP contribution is -2.10. The first-order chi connectivity index (χ1) is 7.90. The molecule has 0 aliphatic rings. The van der Waals surface area contributed by atoms with Crippen molar-refractivity contribution in [2.45, 2.75) is 11.8 Å². The van der Waals surface area contributed by atoms with Crippen molar-refractivity contribution in [1.82, 2.24) is 0 Å². The molecule has 1 rings (SSSR count). The molecule has 0 saturated carbocycles. The van der Waals surface area contributed by atoms with E-state index in [1.54, 1.807) is 0 Å². The van der Waals surface area contributed by atoms with Gasteiger partial charge in [-0.3, -0.25) is 0 Å². The van der Waals surface area contributed by atoms with Gasteiger partial charge in [-0.25, -0.2) is 13.2 Å². The van der Waals surface area contributed by atoms with Gasteiger partial charge < -0.3 is 5.11 Å². The SMILES string of the molecule is Cc1c(C(=O)O)cccc1S(=O)(=O)C/C=C/Cl. The van der Waals surface area contributed by atoms with Crippen LogP contribution >= 0.6 is 11.6 Å². The number of halogens is 1. The Morgan fingerprint density at radius 3 is 2.65 bits per heavy atom. The highest BCUT2D eigenvalue weighted by atomic mass is 35.5. The molecular weight excluding hydrogens is 264 g/mol. The van der Waals surface area contributed by atoms with E-state index in [0.29, 0.717) is 0 Å². The molecule has 4 nitrogen and oxygen atoms in total. The second-order valence-electron chi connectivity index (χ2n) is 3.38. The van der Waals surface area contributed by atoms with Crippen molar-refractivity contribution in [3.8, 4) is 0 Å². The number of carboxylic acids is 1. The van der Waals surface area contributed by atoms with Crippen molar-refractivity contribution < 1.29 is 18.3 Å². The third-order valence-corrected chi connectivity index (χ3v) is 4.18. The Kier molecular flexibility index (Phi) is 4.31. The maximum Gasteiger partial charge on any atom is 0.335 e. The van der Waals surface area contributed by atoms with Gasteiger partial charge in [0.15, 0.2) is 9.84 Å². The van der Waals surface area contributed by atoms with Crippen LogP contribution in [0.15, 0.2) is 34.7 Å². The van der Waals surface area contributed by atoms with E-state index >= 15 is 0 Å². The summed E-state index contributed by atoms with van der Waals surface area (Å²) in [5, 5.41) is 8.90. The van der Waals surface area contributed by atoms with Crippen LogP contribution in [0.5, 0.6) is 0 Å². The Balaban J connectivity index is 3.33. The van der Waals surface area contributed by atoms with E-state index < -0.39 is 15.8 Å². The van der Waals surface area contributed by atoms with Crippen LogP contribution < -0.4 is 0 Å². The lowest BCUT2D eigenvalue weighted by atomic mass is 10.1. The molecule has 0 aliphatic carbocycles. The van der Waals surface area contributed by atoms with Crippen LogP contribution in [-0.2, 0) is 9.84 Å². The molecule has 0 bridgehead atoms. The first-order valence-corrected chi connectivity index (χ1v) is 6.80. The highest BCUT2D eigenvalue weighted by molar-refractivity contribution is 7.91. The number of rotatable bonds is 4. The summed E-state index contributed by atoms with van der Waals surface area (Å²) < 4.78 is 23.8. The molecule has 0 unspecified atom stereocenters. The molecule has 0 spiro atoms. The molecule has 0 saturated heterocycles. The molecule has 0 fully saturated rings. The molecule has 0 heterocycles. The average Bonchev–Trinajstić information content (AvgIpc) is 2.26. The fourth-order valence-electron chi connectivity index (χ4n) is 1.44. The summed E-state index contributed by atoms with van der Waals surface area (Å²) in [4.78, 5) is 10.9. The van der Waals surface area contributed by atoms with Gasteiger partial charge >= 0.3 is 5.97 Å². The maximum atomic E-state index is 11.9. The highest BCUT2D eigenvalue weighted by Gasteiger charge is 2.19. The molecule has 1 aromatic rings. The summed E-state index contributed by atoms with van der Waals surface area (Å²) in [5.41, 5.74) is 1.34. The Hall–Kier alpha value is -1.33. The van der Waals surface area contributed by atoms with Gasteiger partial charge in [-0.1, -0.05) is 23.7 Å². The number of carbonyl (C=O) groups is 1. The number of hydrogen-bond acceptors (Lipinski definition) is 3. The van der Waals surface area contributed by atoms with Crippen LogP contribution in [-0.4, -0.2) is 25.2 Å². The van der Waals surface area contributed by atoms with Gasteiger partial charge in [-0.15, -0.1) is 0 Å². The minimum Gasteiger partial charge on any atom is -0.478 e. The quantitative estimate of drug-likeness (QED) is 0.914. The van der Waals surface area contributed by atoms with Gasteiger partial charge in [0.2, 0.25) is 0 Å². The van der Waals surface area contributed by atoms with Crippen molar-refractivity contribution in [3.05, 3.63) is 40.9 Å². The number of carboxylic acid groups (broad SMARTS) is 1. The topological polar surface area (TPSA) is 71.4 Å². The van der Waals surface area contributed by atoms with Gasteiger partial charge in [0.1, 0.15) is 0 Å². The van der Waals surface area contributed by atoms with Gasteiger partial charge in [-0.05, 0) is 24.6 Å². The van der Waals surface area contributed by atoms with E-state index in [4.69, 9.17) is 16.7 Å². The number of sulfone groups is 1. The summed E-state index contributed by atoms with van der Waals surface area (Å²) in [5.74, 6) is -1.40. The largest absolute Gasteiger partial charge is 0.478 e. The molecule has 1 aromatic carbocycles. The van der Waals surface area contributed by atoms with Crippen LogP contribution in [0, 0.1) is 6.92 Å². The summed E-state index contributed by atoms with van der Waals surface area (Å²) in [6, 6.07) is 4.17. The average molecular weight is 275 g/mol. The molecule has 0 atom stereocenters. The van der Waals surface area contributed by atoms with Crippen LogP contribution in [0.4, 0.5) is 0 Å². The molecular formula is C11H11ClO4S. The Morgan fingerprint density at radius 1 is 1.47 bits per heavy atom. The summed E-state index contributed by atoms with van der Waals surface area (Å²) >= 11 is 5.28. The molecule has 1 N–H and O–H groups in total. The predicted molar refractivity (Wildman–Crippen MR) is 65.2 cm³/mol. The highest BCUT2D eigenvalue weighted by Crippen LogP contribution is 2.20. The lowest BCUT2D eigenvalue weighted by molar-refractivity contribution is 0.0696. The van der Waals surface area contributed by atoms with Gasteiger partial charge in [0.05, 0.1) is 16.2 Å². The zero-order valence-corrected chi connectivity index (χ0v) is 10.6. The number of benzene rings is 1. The van der Waals surface area contributed by atoms with Crippen molar-refractivity contribution in [2.24, 2.45) is 0 Å². The summed E-state index contributed by atoms with van der Waals surface area (Å²) in [6.45, 7) is 1.47. The third kappa shape index (κ3) is 3.08. The van der Waals surface area contributed by atoms with Crippen molar-refractivity contribution >= 4 is 27.4 Å². The lowest BCUT2D eigenvalue weighted by Gasteiger charge is -2.08. The zero-order chi connectivity index (χ0) is 13.1. The van der Waals surface area contributed by atoms with Gasteiger partial charge in [-0.2, -0.15) is 0 Å². The molecule has 6 heteroatoms. The second-order valence-corrected chi connectivity index (χ2v) is 5.63. The van der Waals surface area contributed by atoms with Crippen LogP contribution in [0.2, 0.25) is 0 Å². The van der Waals surface area contributed by atoms with Crippen molar-refractivity contribution in [2.75, 3.05) is 5.75 Å². The van der Waals surface area contributed by atoms with E-state index in [1.807, 2.05) is 0 Å². The Labute approximate surface area is 104 Å². The second kappa shape index (κ2) is 5.33. The normalized spacial score (nSPS) is 11.9.